The molecule has 10 heteroatoms. The number of aryl methyl sites for hydroxylation is 2. The number of carbonyl (C=O) groups excluding carboxylic acids is 3. The largest absolute Gasteiger partial charge is 0.462 e. The van der Waals surface area contributed by atoms with Crippen molar-refractivity contribution in [2.45, 2.75) is 27.2 Å². The molecule has 0 saturated heterocycles. The summed E-state index contributed by atoms with van der Waals surface area (Å²) in [5.41, 5.74) is 2.34. The Morgan fingerprint density at radius 2 is 1.77 bits per heavy atom. The number of esters is 2. The maximum atomic E-state index is 12.2. The molecule has 30 heavy (non-hydrogen) atoms. The normalized spacial score (nSPS) is 10.6. The lowest BCUT2D eigenvalue weighted by Crippen LogP contribution is -2.21. The number of ether oxygens (including phenoxy) is 2. The number of fused-ring (bicyclic) bond motifs is 1. The topological polar surface area (TPSA) is 125 Å². The van der Waals surface area contributed by atoms with Crippen LogP contribution in [0.1, 0.15) is 45.7 Å². The zero-order valence-electron chi connectivity index (χ0n) is 16.8. The Bertz CT molecular complexity index is 1090. The molecule has 1 amide bonds. The number of amides is 1. The summed E-state index contributed by atoms with van der Waals surface area (Å²) < 4.78 is 11.4. The highest BCUT2D eigenvalue weighted by Gasteiger charge is 2.18. The predicted molar refractivity (Wildman–Crippen MR) is 106 cm³/mol. The first-order chi connectivity index (χ1) is 14.4. The van der Waals surface area contributed by atoms with Crippen molar-refractivity contribution in [2.24, 2.45) is 0 Å². The summed E-state index contributed by atoms with van der Waals surface area (Å²) in [7, 11) is 0. The second-order valence-electron chi connectivity index (χ2n) is 6.52. The summed E-state index contributed by atoms with van der Waals surface area (Å²) in [4.78, 5) is 44.2. The molecule has 0 unspecified atom stereocenters. The molecule has 0 fully saturated rings. The van der Waals surface area contributed by atoms with Crippen molar-refractivity contribution in [1.82, 2.24) is 19.6 Å². The van der Waals surface area contributed by atoms with Crippen LogP contribution in [0.3, 0.4) is 0 Å². The average molecular weight is 411 g/mol. The lowest BCUT2D eigenvalue weighted by atomic mass is 10.2. The van der Waals surface area contributed by atoms with Gasteiger partial charge >= 0.3 is 11.9 Å². The van der Waals surface area contributed by atoms with Crippen LogP contribution in [0.15, 0.2) is 30.3 Å². The molecule has 156 valence electrons. The number of hydrogen-bond donors (Lipinski definition) is 1. The van der Waals surface area contributed by atoms with E-state index in [1.165, 1.54) is 16.6 Å². The predicted octanol–water partition coefficient (Wildman–Crippen LogP) is 2.10. The quantitative estimate of drug-likeness (QED) is 0.586. The minimum absolute atomic E-state index is 0.182. The Morgan fingerprint density at radius 1 is 1.03 bits per heavy atom. The Kier molecular flexibility index (Phi) is 6.35. The molecule has 0 atom stereocenters. The molecule has 3 rings (SSSR count). The molecule has 1 aromatic carbocycles. The van der Waals surface area contributed by atoms with Crippen molar-refractivity contribution in [3.8, 4) is 0 Å². The molecule has 0 aliphatic heterocycles. The lowest BCUT2D eigenvalue weighted by Gasteiger charge is -2.07. The Hall–Kier alpha value is -3.82. The molecular formula is C20H21N5O5. The van der Waals surface area contributed by atoms with Gasteiger partial charge in [-0.1, -0.05) is 6.92 Å². The Morgan fingerprint density at radius 3 is 2.47 bits per heavy atom. The molecule has 3 aromatic rings. The van der Waals surface area contributed by atoms with Crippen LogP contribution in [0.5, 0.6) is 0 Å². The van der Waals surface area contributed by atoms with Gasteiger partial charge in [0.25, 0.3) is 17.5 Å². The minimum atomic E-state index is -0.832. The summed E-state index contributed by atoms with van der Waals surface area (Å²) in [5.74, 6) is -1.70. The summed E-state index contributed by atoms with van der Waals surface area (Å²) in [6.45, 7) is 5.36. The van der Waals surface area contributed by atoms with Gasteiger partial charge in [0.2, 0.25) is 0 Å². The Balaban J connectivity index is 1.55. The third kappa shape index (κ3) is 4.96. The van der Waals surface area contributed by atoms with Crippen LogP contribution in [0.2, 0.25) is 0 Å². The van der Waals surface area contributed by atoms with Crippen molar-refractivity contribution in [2.75, 3.05) is 18.5 Å². The smallest absolute Gasteiger partial charge is 0.378 e. The van der Waals surface area contributed by atoms with E-state index in [0.717, 1.165) is 17.8 Å². The van der Waals surface area contributed by atoms with Gasteiger partial charge in [-0.05, 0) is 50.6 Å². The first-order valence-corrected chi connectivity index (χ1v) is 9.32. The number of hydrogen-bond acceptors (Lipinski definition) is 8. The second-order valence-corrected chi connectivity index (χ2v) is 6.52. The minimum Gasteiger partial charge on any atom is -0.462 e. The fourth-order valence-corrected chi connectivity index (χ4v) is 2.61. The zero-order valence-corrected chi connectivity index (χ0v) is 16.8. The van der Waals surface area contributed by atoms with Crippen LogP contribution in [0, 0.1) is 13.8 Å². The first kappa shape index (κ1) is 20.9. The third-order valence-electron chi connectivity index (χ3n) is 3.98. The number of rotatable bonds is 7. The van der Waals surface area contributed by atoms with Crippen LogP contribution in [0.25, 0.3) is 5.78 Å². The molecular weight excluding hydrogens is 390 g/mol. The summed E-state index contributed by atoms with van der Waals surface area (Å²) in [6, 6.07) is 8.00. The van der Waals surface area contributed by atoms with E-state index < -0.39 is 24.5 Å². The van der Waals surface area contributed by atoms with Gasteiger partial charge in [-0.2, -0.15) is 4.98 Å². The van der Waals surface area contributed by atoms with Crippen molar-refractivity contribution >= 4 is 29.3 Å². The molecule has 0 bridgehead atoms. The molecule has 10 nitrogen and oxygen atoms in total. The third-order valence-corrected chi connectivity index (χ3v) is 3.98. The van der Waals surface area contributed by atoms with Crippen LogP contribution >= 0.6 is 0 Å². The van der Waals surface area contributed by atoms with Gasteiger partial charge in [-0.3, -0.25) is 4.79 Å². The zero-order chi connectivity index (χ0) is 21.7. The van der Waals surface area contributed by atoms with Crippen molar-refractivity contribution in [3.05, 3.63) is 53.1 Å². The van der Waals surface area contributed by atoms with Crippen molar-refractivity contribution < 1.29 is 23.9 Å². The van der Waals surface area contributed by atoms with Gasteiger partial charge in [0.1, 0.15) is 0 Å². The van der Waals surface area contributed by atoms with Gasteiger partial charge in [0, 0.05) is 17.1 Å². The highest BCUT2D eigenvalue weighted by Crippen LogP contribution is 2.11. The molecule has 0 aliphatic rings. The number of anilines is 1. The van der Waals surface area contributed by atoms with E-state index in [4.69, 9.17) is 9.47 Å². The molecule has 0 aliphatic carbocycles. The van der Waals surface area contributed by atoms with Crippen molar-refractivity contribution in [1.29, 1.82) is 0 Å². The SMILES string of the molecule is CCCOC(=O)c1ccc(NC(=O)COC(=O)c2nc3nc(C)cc(C)n3n2)cc1. The van der Waals surface area contributed by atoms with E-state index in [0.29, 0.717) is 17.9 Å². The number of carbonyl (C=O) groups is 3. The van der Waals surface area contributed by atoms with E-state index in [-0.39, 0.29) is 11.6 Å². The van der Waals surface area contributed by atoms with Crippen LogP contribution in [0.4, 0.5) is 5.69 Å². The molecule has 1 N–H and O–H groups in total. The van der Waals surface area contributed by atoms with Crippen LogP contribution in [-0.2, 0) is 14.3 Å². The van der Waals surface area contributed by atoms with Gasteiger partial charge in [0.15, 0.2) is 6.61 Å². The van der Waals surface area contributed by atoms with Crippen molar-refractivity contribution in [3.63, 3.8) is 0 Å². The van der Waals surface area contributed by atoms with Crippen LogP contribution in [-0.4, -0.2) is 50.6 Å². The van der Waals surface area contributed by atoms with Gasteiger partial charge < -0.3 is 14.8 Å². The number of nitrogens with zero attached hydrogens (tertiary/aromatic N) is 4. The first-order valence-electron chi connectivity index (χ1n) is 9.32. The fourth-order valence-electron chi connectivity index (χ4n) is 2.61. The van der Waals surface area contributed by atoms with Gasteiger partial charge in [-0.25, -0.2) is 19.1 Å². The highest BCUT2D eigenvalue weighted by molar-refractivity contribution is 5.95. The van der Waals surface area contributed by atoms with Gasteiger partial charge in [-0.15, -0.1) is 5.10 Å². The standard InChI is InChI=1S/C20H21N5O5/c1-4-9-29-18(27)14-5-7-15(8-6-14)22-16(26)11-30-19(28)17-23-20-21-12(2)10-13(3)25(20)24-17/h5-8,10H,4,9,11H2,1-3H3,(H,22,26). The van der Waals surface area contributed by atoms with E-state index in [2.05, 4.69) is 20.4 Å². The molecule has 0 saturated carbocycles. The number of nitrogens with one attached hydrogen (secondary N) is 1. The maximum absolute atomic E-state index is 12.2. The van der Waals surface area contributed by atoms with Gasteiger partial charge in [0.05, 0.1) is 12.2 Å². The van der Waals surface area contributed by atoms with E-state index in [1.54, 1.807) is 18.2 Å². The Labute approximate surface area is 172 Å². The van der Waals surface area contributed by atoms with Crippen LogP contribution < -0.4 is 5.32 Å². The fraction of sp³-hybridized carbons (Fsp3) is 0.300. The second kappa shape index (κ2) is 9.12. The maximum Gasteiger partial charge on any atom is 0.378 e. The average Bonchev–Trinajstić information content (AvgIpc) is 3.15. The summed E-state index contributed by atoms with van der Waals surface area (Å²) >= 11 is 0. The highest BCUT2D eigenvalue weighted by atomic mass is 16.5. The molecule has 2 aromatic heterocycles. The summed E-state index contributed by atoms with van der Waals surface area (Å²) in [6.07, 6.45) is 0.735. The number of benzene rings is 1. The van der Waals surface area contributed by atoms with E-state index in [1.807, 2.05) is 20.8 Å². The number of aromatic nitrogens is 4. The monoisotopic (exact) mass is 411 g/mol. The van der Waals surface area contributed by atoms with E-state index in [9.17, 15) is 14.4 Å². The lowest BCUT2D eigenvalue weighted by molar-refractivity contribution is -0.119. The van der Waals surface area contributed by atoms with E-state index >= 15 is 0 Å². The summed E-state index contributed by atoms with van der Waals surface area (Å²) in [5, 5.41) is 6.63. The molecule has 0 spiro atoms. The molecule has 2 heterocycles. The molecule has 0 radical (unpaired) electrons.